The van der Waals surface area contributed by atoms with E-state index in [1.165, 1.54) is 0 Å². The first-order valence-electron chi connectivity index (χ1n) is 8.72. The van der Waals surface area contributed by atoms with E-state index in [0.717, 1.165) is 24.3 Å². The Balaban J connectivity index is 1.68. The molecule has 1 heterocycles. The highest BCUT2D eigenvalue weighted by molar-refractivity contribution is 6.04. The van der Waals surface area contributed by atoms with Crippen LogP contribution in [-0.2, 0) is 9.53 Å². The molecule has 0 unspecified atom stereocenters. The second-order valence-corrected chi connectivity index (χ2v) is 6.27. The Bertz CT molecular complexity index is 831. The Labute approximate surface area is 157 Å². The molecule has 0 saturated carbocycles. The first-order chi connectivity index (χ1) is 13.0. The smallest absolute Gasteiger partial charge is 0.341 e. The highest BCUT2D eigenvalue weighted by Gasteiger charge is 2.15. The second-order valence-electron chi connectivity index (χ2n) is 6.27. The Hall–Kier alpha value is -3.06. The minimum absolute atomic E-state index is 0.234. The number of hydrogen-bond acceptors (Lipinski definition) is 5. The van der Waals surface area contributed by atoms with E-state index in [2.05, 4.69) is 10.2 Å². The average molecular weight is 370 g/mol. The predicted octanol–water partition coefficient (Wildman–Crippen LogP) is 2.55. The van der Waals surface area contributed by atoms with Gasteiger partial charge in [0, 0.05) is 36.1 Å². The van der Waals surface area contributed by atoms with Gasteiger partial charge in [-0.2, -0.15) is 0 Å². The molecule has 0 atom stereocenters. The minimum Gasteiger partial charge on any atom is -0.482 e. The number of carbonyl (C=O) groups excluding carboxylic acids is 1. The Morgan fingerprint density at radius 3 is 2.67 bits per heavy atom. The number of carboxylic acid groups (broad SMARTS) is 1. The number of aryl methyl sites for hydroxylation is 1. The molecule has 0 aromatic heterocycles. The van der Waals surface area contributed by atoms with E-state index in [0.29, 0.717) is 30.2 Å². The largest absolute Gasteiger partial charge is 0.482 e. The number of hydrogen-bond donors (Lipinski definition) is 2. The second kappa shape index (κ2) is 8.55. The van der Waals surface area contributed by atoms with Gasteiger partial charge >= 0.3 is 5.97 Å². The molecule has 2 N–H and O–H groups in total. The van der Waals surface area contributed by atoms with Crippen LogP contribution in [0.15, 0.2) is 42.5 Å². The van der Waals surface area contributed by atoms with Crippen molar-refractivity contribution in [3.63, 3.8) is 0 Å². The van der Waals surface area contributed by atoms with Crippen molar-refractivity contribution in [1.29, 1.82) is 0 Å². The molecule has 2 aromatic carbocycles. The molecular formula is C20H22N2O5. The number of aliphatic carboxylic acids is 1. The molecular weight excluding hydrogens is 348 g/mol. The van der Waals surface area contributed by atoms with E-state index in [9.17, 15) is 9.59 Å². The first kappa shape index (κ1) is 18.7. The number of ether oxygens (including phenoxy) is 2. The summed E-state index contributed by atoms with van der Waals surface area (Å²) in [6.07, 6.45) is 0. The van der Waals surface area contributed by atoms with Crippen molar-refractivity contribution in [3.05, 3.63) is 53.6 Å². The lowest BCUT2D eigenvalue weighted by molar-refractivity contribution is -0.139. The van der Waals surface area contributed by atoms with Crippen LogP contribution < -0.4 is 15.0 Å². The van der Waals surface area contributed by atoms with Crippen LogP contribution >= 0.6 is 0 Å². The number of nitrogens with one attached hydrogen (secondary N) is 1. The molecule has 142 valence electrons. The summed E-state index contributed by atoms with van der Waals surface area (Å²) in [6.45, 7) is 4.66. The number of benzene rings is 2. The summed E-state index contributed by atoms with van der Waals surface area (Å²) in [4.78, 5) is 25.4. The maximum atomic E-state index is 12.6. The van der Waals surface area contributed by atoms with Crippen molar-refractivity contribution in [2.45, 2.75) is 6.92 Å². The van der Waals surface area contributed by atoms with Crippen LogP contribution in [0.3, 0.4) is 0 Å². The van der Waals surface area contributed by atoms with Crippen molar-refractivity contribution < 1.29 is 24.2 Å². The van der Waals surface area contributed by atoms with Gasteiger partial charge in [0.15, 0.2) is 6.61 Å². The molecule has 0 spiro atoms. The molecule has 27 heavy (non-hydrogen) atoms. The van der Waals surface area contributed by atoms with Crippen LogP contribution in [-0.4, -0.2) is 49.9 Å². The molecule has 2 aromatic rings. The van der Waals surface area contributed by atoms with Crippen LogP contribution in [0.25, 0.3) is 0 Å². The molecule has 1 fully saturated rings. The summed E-state index contributed by atoms with van der Waals surface area (Å²) in [6, 6.07) is 12.3. The minimum atomic E-state index is -1.06. The summed E-state index contributed by atoms with van der Waals surface area (Å²) in [5.41, 5.74) is 3.24. The molecule has 7 heteroatoms. The van der Waals surface area contributed by atoms with Gasteiger partial charge in [0.05, 0.1) is 13.2 Å². The fourth-order valence-corrected chi connectivity index (χ4v) is 2.97. The van der Waals surface area contributed by atoms with Gasteiger partial charge in [-0.25, -0.2) is 4.79 Å². The van der Waals surface area contributed by atoms with Crippen molar-refractivity contribution in [3.8, 4) is 5.75 Å². The number of carbonyl (C=O) groups is 2. The zero-order valence-electron chi connectivity index (χ0n) is 15.1. The summed E-state index contributed by atoms with van der Waals surface area (Å²) in [5, 5.41) is 11.5. The van der Waals surface area contributed by atoms with Crippen LogP contribution in [0.2, 0.25) is 0 Å². The number of rotatable bonds is 6. The zero-order valence-corrected chi connectivity index (χ0v) is 15.1. The lowest BCUT2D eigenvalue weighted by Gasteiger charge is -2.30. The molecule has 1 saturated heterocycles. The third-order valence-electron chi connectivity index (χ3n) is 4.26. The third-order valence-corrected chi connectivity index (χ3v) is 4.26. The fraction of sp³-hybridized carbons (Fsp3) is 0.300. The number of nitrogens with zero attached hydrogens (tertiary/aromatic N) is 1. The maximum absolute atomic E-state index is 12.6. The standard InChI is InChI=1S/C20H22N2O5/c1-14-11-15(5-6-18(14)22-7-9-26-10-8-22)20(25)21-16-3-2-4-17(12-16)27-13-19(23)24/h2-6,11-12H,7-10,13H2,1H3,(H,21,25)(H,23,24). The first-order valence-corrected chi connectivity index (χ1v) is 8.72. The SMILES string of the molecule is Cc1cc(C(=O)Nc2cccc(OCC(=O)O)c2)ccc1N1CCOCC1. The van der Waals surface area contributed by atoms with Crippen molar-refractivity contribution in [2.24, 2.45) is 0 Å². The van der Waals surface area contributed by atoms with Gasteiger partial charge < -0.3 is 24.8 Å². The van der Waals surface area contributed by atoms with Gasteiger partial charge in [-0.3, -0.25) is 4.79 Å². The lowest BCUT2D eigenvalue weighted by Crippen LogP contribution is -2.36. The summed E-state index contributed by atoms with van der Waals surface area (Å²) in [7, 11) is 0. The van der Waals surface area contributed by atoms with Crippen LogP contribution in [0.4, 0.5) is 11.4 Å². The van der Waals surface area contributed by atoms with E-state index in [1.807, 2.05) is 19.1 Å². The van der Waals surface area contributed by atoms with Gasteiger partial charge in [0.1, 0.15) is 5.75 Å². The van der Waals surface area contributed by atoms with Gasteiger partial charge in [0.25, 0.3) is 5.91 Å². The lowest BCUT2D eigenvalue weighted by atomic mass is 10.1. The quantitative estimate of drug-likeness (QED) is 0.812. The van der Waals surface area contributed by atoms with Crippen LogP contribution in [0.5, 0.6) is 5.75 Å². The molecule has 0 aliphatic carbocycles. The maximum Gasteiger partial charge on any atom is 0.341 e. The topological polar surface area (TPSA) is 88.1 Å². The number of morpholine rings is 1. The highest BCUT2D eigenvalue weighted by Crippen LogP contribution is 2.23. The van der Waals surface area contributed by atoms with Crippen molar-refractivity contribution >= 4 is 23.3 Å². The van der Waals surface area contributed by atoms with Crippen molar-refractivity contribution in [2.75, 3.05) is 43.1 Å². The molecule has 0 bridgehead atoms. The van der Waals surface area contributed by atoms with Gasteiger partial charge in [-0.15, -0.1) is 0 Å². The fourth-order valence-electron chi connectivity index (χ4n) is 2.97. The van der Waals surface area contributed by atoms with E-state index in [-0.39, 0.29) is 5.91 Å². The Kier molecular flexibility index (Phi) is 5.93. The summed E-state index contributed by atoms with van der Waals surface area (Å²) in [5.74, 6) is -0.906. The van der Waals surface area contributed by atoms with E-state index < -0.39 is 12.6 Å². The molecule has 0 radical (unpaired) electrons. The highest BCUT2D eigenvalue weighted by atomic mass is 16.5. The van der Waals surface area contributed by atoms with Gasteiger partial charge in [0.2, 0.25) is 0 Å². The third kappa shape index (κ3) is 4.98. The molecule has 3 rings (SSSR count). The predicted molar refractivity (Wildman–Crippen MR) is 102 cm³/mol. The Morgan fingerprint density at radius 1 is 1.19 bits per heavy atom. The number of anilines is 2. The average Bonchev–Trinajstić information content (AvgIpc) is 2.67. The molecule has 1 aliphatic heterocycles. The van der Waals surface area contributed by atoms with Crippen LogP contribution in [0.1, 0.15) is 15.9 Å². The van der Waals surface area contributed by atoms with Gasteiger partial charge in [-0.05, 0) is 42.8 Å². The van der Waals surface area contributed by atoms with Crippen molar-refractivity contribution in [1.82, 2.24) is 0 Å². The molecule has 1 aliphatic rings. The van der Waals surface area contributed by atoms with Gasteiger partial charge in [-0.1, -0.05) is 6.07 Å². The van der Waals surface area contributed by atoms with Crippen LogP contribution in [0, 0.1) is 6.92 Å². The van der Waals surface area contributed by atoms with E-state index in [1.54, 1.807) is 30.3 Å². The summed E-state index contributed by atoms with van der Waals surface area (Å²) >= 11 is 0. The molecule has 7 nitrogen and oxygen atoms in total. The normalized spacial score (nSPS) is 13.9. The number of amides is 1. The molecule has 1 amide bonds. The Morgan fingerprint density at radius 2 is 1.96 bits per heavy atom. The summed E-state index contributed by atoms with van der Waals surface area (Å²) < 4.78 is 10.5. The van der Waals surface area contributed by atoms with E-state index >= 15 is 0 Å². The van der Waals surface area contributed by atoms with E-state index in [4.69, 9.17) is 14.6 Å². The monoisotopic (exact) mass is 370 g/mol. The zero-order chi connectivity index (χ0) is 19.2. The number of carboxylic acids is 1.